The van der Waals surface area contributed by atoms with Gasteiger partial charge in [0.2, 0.25) is 0 Å². The van der Waals surface area contributed by atoms with E-state index in [1.807, 2.05) is 0 Å². The number of hydrogen-bond acceptors (Lipinski definition) is 1. The minimum absolute atomic E-state index is 0.341. The maximum atomic E-state index is 3.54. The lowest BCUT2D eigenvalue weighted by atomic mass is 10.0. The lowest BCUT2D eigenvalue weighted by molar-refractivity contribution is 0.372. The second-order valence-electron chi connectivity index (χ2n) is 3.87. The van der Waals surface area contributed by atoms with Crippen LogP contribution in [0.5, 0.6) is 0 Å². The Bertz CT molecular complexity index is 86.9. The summed E-state index contributed by atoms with van der Waals surface area (Å²) in [5, 5.41) is 3.54. The first-order valence-corrected chi connectivity index (χ1v) is 4.87. The summed E-state index contributed by atoms with van der Waals surface area (Å²) in [5.74, 6) is 0. The van der Waals surface area contributed by atoms with E-state index in [-0.39, 0.29) is 0 Å². The molecule has 0 amide bonds. The van der Waals surface area contributed by atoms with Gasteiger partial charge < -0.3 is 5.32 Å². The van der Waals surface area contributed by atoms with Crippen molar-refractivity contribution >= 4 is 0 Å². The Labute approximate surface area is 71.6 Å². The van der Waals surface area contributed by atoms with Crippen LogP contribution in [0.15, 0.2) is 0 Å². The molecule has 0 aromatic carbocycles. The number of unbranched alkanes of at least 4 members (excludes halogenated alkanes) is 2. The molecule has 0 heterocycles. The Balaban J connectivity index is 3.23. The predicted molar refractivity (Wildman–Crippen MR) is 51.9 cm³/mol. The molecule has 0 saturated carbocycles. The van der Waals surface area contributed by atoms with E-state index in [0.717, 1.165) is 0 Å². The van der Waals surface area contributed by atoms with Crippen LogP contribution in [0.1, 0.15) is 53.4 Å². The normalized spacial score (nSPS) is 12.0. The highest BCUT2D eigenvalue weighted by atomic mass is 14.9. The molecule has 0 unspecified atom stereocenters. The van der Waals surface area contributed by atoms with Gasteiger partial charge in [-0.15, -0.1) is 0 Å². The summed E-state index contributed by atoms with van der Waals surface area (Å²) in [7, 11) is 0. The van der Waals surface area contributed by atoms with Crippen LogP contribution >= 0.6 is 0 Å². The molecule has 0 aliphatic rings. The monoisotopic (exact) mass is 157 g/mol. The van der Waals surface area contributed by atoms with Crippen molar-refractivity contribution in [1.29, 1.82) is 0 Å². The van der Waals surface area contributed by atoms with Crippen LogP contribution in [0, 0.1) is 0 Å². The van der Waals surface area contributed by atoms with E-state index in [1.165, 1.54) is 32.2 Å². The molecule has 0 radical (unpaired) electrons. The molecule has 0 fully saturated rings. The van der Waals surface area contributed by atoms with Crippen molar-refractivity contribution in [1.82, 2.24) is 5.32 Å². The molecule has 0 aliphatic carbocycles. The van der Waals surface area contributed by atoms with Crippen LogP contribution in [-0.4, -0.2) is 12.1 Å². The van der Waals surface area contributed by atoms with Gasteiger partial charge in [0.25, 0.3) is 0 Å². The van der Waals surface area contributed by atoms with Gasteiger partial charge in [0.15, 0.2) is 0 Å². The maximum absolute atomic E-state index is 3.54. The minimum Gasteiger partial charge on any atom is -0.312 e. The first-order chi connectivity index (χ1) is 5.12. The zero-order chi connectivity index (χ0) is 8.74. The van der Waals surface area contributed by atoms with Gasteiger partial charge in [-0.25, -0.2) is 0 Å². The van der Waals surface area contributed by atoms with Crippen molar-refractivity contribution in [2.75, 3.05) is 6.54 Å². The van der Waals surface area contributed by atoms with Crippen molar-refractivity contribution < 1.29 is 0 Å². The average molecular weight is 157 g/mol. The molecular weight excluding hydrogens is 134 g/mol. The van der Waals surface area contributed by atoms with Crippen LogP contribution in [-0.2, 0) is 0 Å². The van der Waals surface area contributed by atoms with Gasteiger partial charge >= 0.3 is 0 Å². The van der Waals surface area contributed by atoms with E-state index < -0.39 is 0 Å². The van der Waals surface area contributed by atoms with E-state index in [2.05, 4.69) is 33.0 Å². The van der Waals surface area contributed by atoms with Gasteiger partial charge in [-0.3, -0.25) is 0 Å². The summed E-state index contributed by atoms with van der Waals surface area (Å²) in [6.07, 6.45) is 5.19. The lowest BCUT2D eigenvalue weighted by Gasteiger charge is -2.24. The van der Waals surface area contributed by atoms with Gasteiger partial charge in [-0.05, 0) is 33.2 Å². The van der Waals surface area contributed by atoms with Gasteiger partial charge in [0.05, 0.1) is 0 Å². The summed E-state index contributed by atoms with van der Waals surface area (Å²) in [4.78, 5) is 0. The molecule has 68 valence electrons. The van der Waals surface area contributed by atoms with Gasteiger partial charge in [-0.2, -0.15) is 0 Å². The summed E-state index contributed by atoms with van der Waals surface area (Å²) in [6.45, 7) is 10.2. The smallest absolute Gasteiger partial charge is 0.0122 e. The van der Waals surface area contributed by atoms with Crippen molar-refractivity contribution in [3.05, 3.63) is 0 Å². The summed E-state index contributed by atoms with van der Waals surface area (Å²) in [6, 6.07) is 0. The summed E-state index contributed by atoms with van der Waals surface area (Å²) < 4.78 is 0. The van der Waals surface area contributed by atoms with Crippen LogP contribution in [0.25, 0.3) is 0 Å². The molecule has 1 nitrogen and oxygen atoms in total. The summed E-state index contributed by atoms with van der Waals surface area (Å²) >= 11 is 0. The van der Waals surface area contributed by atoms with Crippen molar-refractivity contribution in [2.45, 2.75) is 58.9 Å². The predicted octanol–water partition coefficient (Wildman–Crippen LogP) is 2.95. The van der Waals surface area contributed by atoms with Crippen molar-refractivity contribution in [2.24, 2.45) is 0 Å². The third-order valence-corrected chi connectivity index (χ3v) is 2.27. The second kappa shape index (κ2) is 5.59. The highest BCUT2D eigenvalue weighted by molar-refractivity contribution is 4.74. The van der Waals surface area contributed by atoms with Crippen molar-refractivity contribution in [3.63, 3.8) is 0 Å². The third kappa shape index (κ3) is 6.36. The van der Waals surface area contributed by atoms with Crippen LogP contribution in [0.3, 0.4) is 0 Å². The minimum atomic E-state index is 0.341. The Morgan fingerprint density at radius 1 is 1.09 bits per heavy atom. The Hall–Kier alpha value is -0.0400. The fraction of sp³-hybridized carbons (Fsp3) is 1.00. The zero-order valence-corrected chi connectivity index (χ0v) is 8.54. The molecule has 0 bridgehead atoms. The molecule has 1 N–H and O–H groups in total. The Morgan fingerprint density at radius 2 is 1.73 bits per heavy atom. The molecule has 0 saturated heterocycles. The van der Waals surface area contributed by atoms with E-state index in [0.29, 0.717) is 5.54 Å². The fourth-order valence-corrected chi connectivity index (χ4v) is 0.927. The molecule has 11 heavy (non-hydrogen) atoms. The first kappa shape index (κ1) is 11.0. The zero-order valence-electron chi connectivity index (χ0n) is 8.54. The highest BCUT2D eigenvalue weighted by Crippen LogP contribution is 2.06. The van der Waals surface area contributed by atoms with Crippen LogP contribution in [0.2, 0.25) is 0 Å². The Morgan fingerprint density at radius 3 is 2.18 bits per heavy atom. The molecule has 1 heteroatoms. The van der Waals surface area contributed by atoms with Gasteiger partial charge in [-0.1, -0.05) is 26.7 Å². The van der Waals surface area contributed by atoms with E-state index in [9.17, 15) is 0 Å². The molecule has 0 aliphatic heterocycles. The van der Waals surface area contributed by atoms with E-state index in [1.54, 1.807) is 0 Å². The van der Waals surface area contributed by atoms with Gasteiger partial charge in [0.1, 0.15) is 0 Å². The van der Waals surface area contributed by atoms with Gasteiger partial charge in [0, 0.05) is 5.54 Å². The number of nitrogens with one attached hydrogen (secondary N) is 1. The highest BCUT2D eigenvalue weighted by Gasteiger charge is 2.11. The Kier molecular flexibility index (Phi) is 5.57. The largest absolute Gasteiger partial charge is 0.312 e. The number of rotatable bonds is 6. The molecule has 0 atom stereocenters. The molecule has 0 aromatic heterocycles. The van der Waals surface area contributed by atoms with Crippen LogP contribution in [0.4, 0.5) is 0 Å². The van der Waals surface area contributed by atoms with E-state index in [4.69, 9.17) is 0 Å². The molecule has 0 rings (SSSR count). The average Bonchev–Trinajstić information content (AvgIpc) is 1.99. The standard InChI is InChI=1S/C10H23N/c1-5-7-8-9-11-10(3,4)6-2/h11H,5-9H2,1-4H3. The third-order valence-electron chi connectivity index (χ3n) is 2.27. The number of hydrogen-bond donors (Lipinski definition) is 1. The van der Waals surface area contributed by atoms with Crippen LogP contribution < -0.4 is 5.32 Å². The summed E-state index contributed by atoms with van der Waals surface area (Å²) in [5.41, 5.74) is 0.341. The molecular formula is C10H23N. The molecule has 0 aromatic rings. The fourth-order valence-electron chi connectivity index (χ4n) is 0.927. The van der Waals surface area contributed by atoms with Crippen molar-refractivity contribution in [3.8, 4) is 0 Å². The SMILES string of the molecule is CCCCCNC(C)(C)CC. The topological polar surface area (TPSA) is 12.0 Å². The van der Waals surface area contributed by atoms with E-state index >= 15 is 0 Å². The maximum Gasteiger partial charge on any atom is 0.0122 e. The first-order valence-electron chi connectivity index (χ1n) is 4.87. The second-order valence-corrected chi connectivity index (χ2v) is 3.87. The quantitative estimate of drug-likeness (QED) is 0.584. The lowest BCUT2D eigenvalue weighted by Crippen LogP contribution is -2.38. The molecule has 0 spiro atoms.